The number of halogens is 2. The summed E-state index contributed by atoms with van der Waals surface area (Å²) in [7, 11) is -2.56. The first-order valence-corrected chi connectivity index (χ1v) is 9.92. The molecule has 146 valence electrons. The summed E-state index contributed by atoms with van der Waals surface area (Å²) in [6.07, 6.45) is 0. The zero-order chi connectivity index (χ0) is 20.3. The van der Waals surface area contributed by atoms with Crippen LogP contribution in [0.4, 0.5) is 14.5 Å². The lowest BCUT2D eigenvalue weighted by molar-refractivity contribution is 0.415. The highest BCUT2D eigenvalue weighted by atomic mass is 32.2. The van der Waals surface area contributed by atoms with Gasteiger partial charge in [0.25, 0.3) is 10.0 Å². The standard InChI is InChI=1S/C21H19F2NO3S/c1-15-3-6-18(23)13-21(15)28(25,26)24(14-16-4-7-17(22)8-5-16)19-9-11-20(27-2)12-10-19/h3-13H,14H2,1-2H3. The van der Waals surface area contributed by atoms with Gasteiger partial charge in [0, 0.05) is 0 Å². The summed E-state index contributed by atoms with van der Waals surface area (Å²) in [6, 6.07) is 15.7. The van der Waals surface area contributed by atoms with Gasteiger partial charge in [-0.15, -0.1) is 0 Å². The van der Waals surface area contributed by atoms with Gasteiger partial charge in [-0.1, -0.05) is 18.2 Å². The normalized spacial score (nSPS) is 11.3. The molecule has 0 spiro atoms. The Morgan fingerprint density at radius 2 is 1.50 bits per heavy atom. The van der Waals surface area contributed by atoms with Gasteiger partial charge in [0.1, 0.15) is 17.4 Å². The largest absolute Gasteiger partial charge is 0.497 e. The Kier molecular flexibility index (Phi) is 5.65. The third kappa shape index (κ3) is 4.14. The molecule has 0 bridgehead atoms. The van der Waals surface area contributed by atoms with Gasteiger partial charge in [-0.05, 0) is 66.6 Å². The van der Waals surface area contributed by atoms with Crippen LogP contribution >= 0.6 is 0 Å². The summed E-state index contributed by atoms with van der Waals surface area (Å²) in [5.74, 6) is -0.478. The van der Waals surface area contributed by atoms with Gasteiger partial charge in [0.15, 0.2) is 0 Å². The number of aryl methyl sites for hydroxylation is 1. The van der Waals surface area contributed by atoms with Crippen LogP contribution in [0.25, 0.3) is 0 Å². The lowest BCUT2D eigenvalue weighted by Crippen LogP contribution is -2.31. The van der Waals surface area contributed by atoms with Gasteiger partial charge >= 0.3 is 0 Å². The molecule has 0 aliphatic heterocycles. The van der Waals surface area contributed by atoms with Crippen LogP contribution in [0.2, 0.25) is 0 Å². The Labute approximate surface area is 163 Å². The van der Waals surface area contributed by atoms with E-state index in [4.69, 9.17) is 4.74 Å². The molecule has 0 amide bonds. The zero-order valence-electron chi connectivity index (χ0n) is 15.4. The van der Waals surface area contributed by atoms with Crippen molar-refractivity contribution in [2.24, 2.45) is 0 Å². The molecule has 0 saturated carbocycles. The number of hydrogen-bond acceptors (Lipinski definition) is 3. The Bertz CT molecular complexity index is 1070. The molecule has 0 atom stereocenters. The fourth-order valence-corrected chi connectivity index (χ4v) is 4.48. The number of anilines is 1. The topological polar surface area (TPSA) is 46.6 Å². The molecule has 0 N–H and O–H groups in total. The van der Waals surface area contributed by atoms with Crippen molar-refractivity contribution in [1.29, 1.82) is 0 Å². The average molecular weight is 403 g/mol. The molecule has 7 heteroatoms. The van der Waals surface area contributed by atoms with E-state index in [1.807, 2.05) is 0 Å². The molecule has 3 aromatic carbocycles. The van der Waals surface area contributed by atoms with Crippen LogP contribution in [0, 0.1) is 18.6 Å². The minimum atomic E-state index is -4.08. The first-order chi connectivity index (χ1) is 13.3. The first-order valence-electron chi connectivity index (χ1n) is 8.48. The van der Waals surface area contributed by atoms with E-state index < -0.39 is 21.7 Å². The fourth-order valence-electron chi connectivity index (χ4n) is 2.79. The quantitative estimate of drug-likeness (QED) is 0.601. The van der Waals surface area contributed by atoms with E-state index in [1.165, 1.54) is 47.8 Å². The smallest absolute Gasteiger partial charge is 0.264 e. The molecule has 0 saturated heterocycles. The van der Waals surface area contributed by atoms with Gasteiger partial charge in [-0.25, -0.2) is 17.2 Å². The Morgan fingerprint density at radius 3 is 2.11 bits per heavy atom. The van der Waals surface area contributed by atoms with E-state index in [1.54, 1.807) is 31.2 Å². The highest BCUT2D eigenvalue weighted by molar-refractivity contribution is 7.92. The Hall–Kier alpha value is -2.93. The van der Waals surface area contributed by atoms with Crippen molar-refractivity contribution in [2.75, 3.05) is 11.4 Å². The third-order valence-corrected chi connectivity index (χ3v) is 6.23. The van der Waals surface area contributed by atoms with Gasteiger partial charge in [-0.2, -0.15) is 0 Å². The summed E-state index contributed by atoms with van der Waals surface area (Å²) in [5, 5.41) is 0. The van der Waals surface area contributed by atoms with E-state index in [-0.39, 0.29) is 11.4 Å². The molecule has 28 heavy (non-hydrogen) atoms. The molecule has 0 unspecified atom stereocenters. The predicted octanol–water partition coefficient (Wildman–Crippen LogP) is 4.68. The van der Waals surface area contributed by atoms with Crippen molar-refractivity contribution in [2.45, 2.75) is 18.4 Å². The van der Waals surface area contributed by atoms with Crippen LogP contribution in [0.15, 0.2) is 71.6 Å². The van der Waals surface area contributed by atoms with Crippen LogP contribution in [0.1, 0.15) is 11.1 Å². The number of benzene rings is 3. The van der Waals surface area contributed by atoms with Crippen LogP contribution < -0.4 is 9.04 Å². The summed E-state index contributed by atoms with van der Waals surface area (Å²) in [5.41, 5.74) is 1.41. The van der Waals surface area contributed by atoms with Crippen molar-refractivity contribution in [1.82, 2.24) is 0 Å². The summed E-state index contributed by atoms with van der Waals surface area (Å²) < 4.78 is 60.1. The van der Waals surface area contributed by atoms with Gasteiger partial charge in [-0.3, -0.25) is 4.31 Å². The molecule has 4 nitrogen and oxygen atoms in total. The third-order valence-electron chi connectivity index (χ3n) is 4.32. The Balaban J connectivity index is 2.10. The molecule has 0 aliphatic rings. The second-order valence-corrected chi connectivity index (χ2v) is 8.08. The zero-order valence-corrected chi connectivity index (χ0v) is 16.2. The second-order valence-electron chi connectivity index (χ2n) is 6.25. The Morgan fingerprint density at radius 1 is 0.893 bits per heavy atom. The molecule has 0 radical (unpaired) electrons. The van der Waals surface area contributed by atoms with Crippen molar-refractivity contribution < 1.29 is 21.9 Å². The van der Waals surface area contributed by atoms with Crippen LogP contribution in [0.3, 0.4) is 0 Å². The molecule has 3 rings (SSSR count). The van der Waals surface area contributed by atoms with E-state index in [0.717, 1.165) is 6.07 Å². The van der Waals surface area contributed by atoms with E-state index in [0.29, 0.717) is 22.6 Å². The van der Waals surface area contributed by atoms with Crippen LogP contribution in [-0.2, 0) is 16.6 Å². The molecule has 0 fully saturated rings. The van der Waals surface area contributed by atoms with Gasteiger partial charge in [0.2, 0.25) is 0 Å². The summed E-state index contributed by atoms with van der Waals surface area (Å²) in [4.78, 5) is -0.120. The highest BCUT2D eigenvalue weighted by Gasteiger charge is 2.27. The minimum absolute atomic E-state index is 0.0368. The molecule has 0 heterocycles. The molecule has 0 aliphatic carbocycles. The lowest BCUT2D eigenvalue weighted by atomic mass is 10.2. The lowest BCUT2D eigenvalue weighted by Gasteiger charge is -2.25. The van der Waals surface area contributed by atoms with Gasteiger partial charge in [0.05, 0.1) is 24.2 Å². The SMILES string of the molecule is COc1ccc(N(Cc2ccc(F)cc2)S(=O)(=O)c2cc(F)ccc2C)cc1. The average Bonchev–Trinajstić information content (AvgIpc) is 2.69. The maximum absolute atomic E-state index is 13.8. The second kappa shape index (κ2) is 7.98. The summed E-state index contributed by atoms with van der Waals surface area (Å²) in [6.45, 7) is 1.57. The molecule has 0 aromatic heterocycles. The monoisotopic (exact) mass is 403 g/mol. The summed E-state index contributed by atoms with van der Waals surface area (Å²) >= 11 is 0. The number of ether oxygens (including phenoxy) is 1. The maximum Gasteiger partial charge on any atom is 0.264 e. The number of sulfonamides is 1. The predicted molar refractivity (Wildman–Crippen MR) is 104 cm³/mol. The van der Waals surface area contributed by atoms with E-state index in [9.17, 15) is 17.2 Å². The molecular weight excluding hydrogens is 384 g/mol. The minimum Gasteiger partial charge on any atom is -0.497 e. The fraction of sp³-hybridized carbons (Fsp3) is 0.143. The van der Waals surface area contributed by atoms with Crippen molar-refractivity contribution in [3.63, 3.8) is 0 Å². The van der Waals surface area contributed by atoms with Crippen LogP contribution in [0.5, 0.6) is 5.75 Å². The van der Waals surface area contributed by atoms with E-state index in [2.05, 4.69) is 0 Å². The number of hydrogen-bond donors (Lipinski definition) is 0. The molecular formula is C21H19F2NO3S. The van der Waals surface area contributed by atoms with Crippen LogP contribution in [-0.4, -0.2) is 15.5 Å². The maximum atomic E-state index is 13.8. The van der Waals surface area contributed by atoms with Crippen molar-refractivity contribution >= 4 is 15.7 Å². The van der Waals surface area contributed by atoms with Crippen molar-refractivity contribution in [3.05, 3.63) is 89.5 Å². The number of methoxy groups -OCH3 is 1. The molecule has 3 aromatic rings. The number of rotatable bonds is 6. The number of nitrogens with zero attached hydrogens (tertiary/aromatic N) is 1. The van der Waals surface area contributed by atoms with Gasteiger partial charge < -0.3 is 4.74 Å². The van der Waals surface area contributed by atoms with E-state index >= 15 is 0 Å². The highest BCUT2D eigenvalue weighted by Crippen LogP contribution is 2.29. The van der Waals surface area contributed by atoms with Crippen molar-refractivity contribution in [3.8, 4) is 5.75 Å². The first kappa shape index (κ1) is 19.8.